The lowest BCUT2D eigenvalue weighted by Gasteiger charge is -2.35. The van der Waals surface area contributed by atoms with E-state index in [1.165, 1.54) is 50.8 Å². The summed E-state index contributed by atoms with van der Waals surface area (Å²) in [4.78, 5) is 2.82. The summed E-state index contributed by atoms with van der Waals surface area (Å²) in [5.41, 5.74) is 1.51. The van der Waals surface area contributed by atoms with Crippen LogP contribution in [-0.4, -0.2) is 30.1 Å². The summed E-state index contributed by atoms with van der Waals surface area (Å²) in [5, 5.41) is 3.69. The fourth-order valence-corrected chi connectivity index (χ4v) is 3.69. The van der Waals surface area contributed by atoms with Crippen molar-refractivity contribution in [3.63, 3.8) is 0 Å². The molecule has 1 aromatic rings. The zero-order valence-electron chi connectivity index (χ0n) is 13.6. The average molecular weight is 286 g/mol. The predicted octanol–water partition coefficient (Wildman–Crippen LogP) is 3.99. The third-order valence-corrected chi connectivity index (χ3v) is 4.89. The molecule has 1 aliphatic carbocycles. The van der Waals surface area contributed by atoms with Gasteiger partial charge in [-0.15, -0.1) is 0 Å². The Hall–Kier alpha value is -0.860. The zero-order valence-corrected chi connectivity index (χ0v) is 13.6. The van der Waals surface area contributed by atoms with Crippen LogP contribution >= 0.6 is 0 Å². The molecule has 1 aliphatic heterocycles. The van der Waals surface area contributed by atoms with Crippen LogP contribution < -0.4 is 5.32 Å². The van der Waals surface area contributed by atoms with Crippen LogP contribution in [0.5, 0.6) is 0 Å². The Bertz CT molecular complexity index is 418. The molecule has 0 aromatic heterocycles. The summed E-state index contributed by atoms with van der Waals surface area (Å²) < 4.78 is 0. The minimum atomic E-state index is 0.598. The fourth-order valence-electron chi connectivity index (χ4n) is 3.69. The zero-order chi connectivity index (χ0) is 14.7. The van der Waals surface area contributed by atoms with Gasteiger partial charge in [0.25, 0.3) is 0 Å². The molecule has 2 aliphatic rings. The van der Waals surface area contributed by atoms with E-state index >= 15 is 0 Å². The van der Waals surface area contributed by atoms with Gasteiger partial charge < -0.3 is 5.32 Å². The highest BCUT2D eigenvalue weighted by atomic mass is 15.2. The Labute approximate surface area is 129 Å². The molecule has 2 nitrogen and oxygen atoms in total. The second-order valence-corrected chi connectivity index (χ2v) is 7.28. The lowest BCUT2D eigenvalue weighted by atomic mass is 9.94. The fraction of sp³-hybridized carbons (Fsp3) is 0.684. The molecule has 0 radical (unpaired) electrons. The Kier molecular flexibility index (Phi) is 4.97. The highest BCUT2D eigenvalue weighted by Gasteiger charge is 2.36. The van der Waals surface area contributed by atoms with Crippen LogP contribution in [-0.2, 0) is 0 Å². The highest BCUT2D eigenvalue weighted by Crippen LogP contribution is 2.38. The van der Waals surface area contributed by atoms with Gasteiger partial charge in [0.15, 0.2) is 0 Å². The van der Waals surface area contributed by atoms with E-state index in [1.807, 2.05) is 0 Å². The second kappa shape index (κ2) is 6.93. The van der Waals surface area contributed by atoms with Crippen LogP contribution in [0, 0.1) is 5.92 Å². The van der Waals surface area contributed by atoms with Crippen LogP contribution in [0.15, 0.2) is 30.3 Å². The first-order valence-electron chi connectivity index (χ1n) is 8.78. The number of nitrogens with one attached hydrogen (secondary N) is 1. The molecule has 2 atom stereocenters. The van der Waals surface area contributed by atoms with Crippen LogP contribution in [0.2, 0.25) is 0 Å². The molecule has 1 aromatic carbocycles. The van der Waals surface area contributed by atoms with Crippen molar-refractivity contribution in [3.05, 3.63) is 35.9 Å². The Morgan fingerprint density at radius 1 is 1.14 bits per heavy atom. The van der Waals surface area contributed by atoms with Gasteiger partial charge in [0, 0.05) is 24.7 Å². The molecule has 3 rings (SSSR count). The van der Waals surface area contributed by atoms with E-state index in [1.54, 1.807) is 0 Å². The summed E-state index contributed by atoms with van der Waals surface area (Å²) in [6.07, 6.45) is 6.77. The lowest BCUT2D eigenvalue weighted by molar-refractivity contribution is 0.150. The van der Waals surface area contributed by atoms with Gasteiger partial charge in [0.05, 0.1) is 0 Å². The third-order valence-electron chi connectivity index (χ3n) is 4.89. The molecule has 0 spiro atoms. The van der Waals surface area contributed by atoms with Crippen molar-refractivity contribution in [3.8, 4) is 0 Å². The van der Waals surface area contributed by atoms with E-state index in [0.29, 0.717) is 12.1 Å². The molecule has 1 heterocycles. The van der Waals surface area contributed by atoms with E-state index in [4.69, 9.17) is 0 Å². The monoisotopic (exact) mass is 286 g/mol. The summed E-state index contributed by atoms with van der Waals surface area (Å²) in [6, 6.07) is 13.3. The van der Waals surface area contributed by atoms with Crippen LogP contribution in [0.25, 0.3) is 0 Å². The van der Waals surface area contributed by atoms with Gasteiger partial charge in [0.2, 0.25) is 0 Å². The molecule has 1 N–H and O–H groups in total. The largest absolute Gasteiger partial charge is 0.313 e. The smallest absolute Gasteiger partial charge is 0.0354 e. The molecular formula is C19H30N2. The average Bonchev–Trinajstić information content (AvgIpc) is 3.20. The topological polar surface area (TPSA) is 15.3 Å². The SMILES string of the molecule is CC(C)CC(c1ccccc1)N(CC1CCCN1)C1CC1. The highest BCUT2D eigenvalue weighted by molar-refractivity contribution is 5.20. The van der Waals surface area contributed by atoms with Gasteiger partial charge in [-0.3, -0.25) is 4.90 Å². The maximum Gasteiger partial charge on any atom is 0.0354 e. The van der Waals surface area contributed by atoms with E-state index in [0.717, 1.165) is 12.0 Å². The van der Waals surface area contributed by atoms with Crippen molar-refractivity contribution in [2.75, 3.05) is 13.1 Å². The van der Waals surface area contributed by atoms with Crippen LogP contribution in [0.4, 0.5) is 0 Å². The molecule has 21 heavy (non-hydrogen) atoms. The van der Waals surface area contributed by atoms with E-state index < -0.39 is 0 Å². The van der Waals surface area contributed by atoms with Gasteiger partial charge in [0.1, 0.15) is 0 Å². The normalized spacial score (nSPS) is 23.9. The van der Waals surface area contributed by atoms with E-state index in [9.17, 15) is 0 Å². The maximum absolute atomic E-state index is 3.69. The Morgan fingerprint density at radius 2 is 1.90 bits per heavy atom. The summed E-state index contributed by atoms with van der Waals surface area (Å²) >= 11 is 0. The summed E-state index contributed by atoms with van der Waals surface area (Å²) in [6.45, 7) is 7.16. The first-order chi connectivity index (χ1) is 10.2. The third kappa shape index (κ3) is 4.08. The molecule has 2 unspecified atom stereocenters. The molecule has 2 fully saturated rings. The maximum atomic E-state index is 3.69. The molecular weight excluding hydrogens is 256 g/mol. The number of nitrogens with zero attached hydrogens (tertiary/aromatic N) is 1. The van der Waals surface area contributed by atoms with Crippen LogP contribution in [0.3, 0.4) is 0 Å². The number of benzene rings is 1. The first-order valence-corrected chi connectivity index (χ1v) is 8.78. The van der Waals surface area contributed by atoms with Crippen molar-refractivity contribution in [1.82, 2.24) is 10.2 Å². The van der Waals surface area contributed by atoms with Crippen molar-refractivity contribution in [2.24, 2.45) is 5.92 Å². The second-order valence-electron chi connectivity index (χ2n) is 7.28. The quantitative estimate of drug-likeness (QED) is 0.815. The Balaban J connectivity index is 1.77. The van der Waals surface area contributed by atoms with E-state index in [2.05, 4.69) is 54.4 Å². The first kappa shape index (κ1) is 15.1. The van der Waals surface area contributed by atoms with Crippen molar-refractivity contribution in [1.29, 1.82) is 0 Å². The number of hydrogen-bond donors (Lipinski definition) is 1. The standard InChI is InChI=1S/C19H30N2/c1-15(2)13-19(16-7-4-3-5-8-16)21(18-10-11-18)14-17-9-6-12-20-17/h3-5,7-8,15,17-20H,6,9-14H2,1-2H3. The molecule has 116 valence electrons. The molecule has 0 amide bonds. The summed E-state index contributed by atoms with van der Waals surface area (Å²) in [7, 11) is 0. The van der Waals surface area contributed by atoms with E-state index in [-0.39, 0.29) is 0 Å². The number of hydrogen-bond acceptors (Lipinski definition) is 2. The molecule has 1 saturated heterocycles. The van der Waals surface area contributed by atoms with Crippen LogP contribution in [0.1, 0.15) is 57.6 Å². The number of rotatable bonds is 7. The molecule has 1 saturated carbocycles. The van der Waals surface area contributed by atoms with Gasteiger partial charge >= 0.3 is 0 Å². The Morgan fingerprint density at radius 3 is 2.48 bits per heavy atom. The minimum absolute atomic E-state index is 0.598. The predicted molar refractivity (Wildman–Crippen MR) is 89.4 cm³/mol. The van der Waals surface area contributed by atoms with Gasteiger partial charge in [-0.1, -0.05) is 44.2 Å². The van der Waals surface area contributed by atoms with Gasteiger partial charge in [-0.05, 0) is 50.1 Å². The van der Waals surface area contributed by atoms with Crippen molar-refractivity contribution >= 4 is 0 Å². The minimum Gasteiger partial charge on any atom is -0.313 e. The van der Waals surface area contributed by atoms with Crippen molar-refractivity contribution < 1.29 is 0 Å². The summed E-state index contributed by atoms with van der Waals surface area (Å²) in [5.74, 6) is 0.744. The van der Waals surface area contributed by atoms with Gasteiger partial charge in [-0.25, -0.2) is 0 Å². The van der Waals surface area contributed by atoms with Gasteiger partial charge in [-0.2, -0.15) is 0 Å². The molecule has 2 heteroatoms. The van der Waals surface area contributed by atoms with Crippen molar-refractivity contribution in [2.45, 2.75) is 64.1 Å². The molecule has 0 bridgehead atoms. The lowest BCUT2D eigenvalue weighted by Crippen LogP contribution is -2.41.